The normalized spacial score (nSPS) is 14.7. The number of nitrogens with one attached hydrogen (secondary N) is 1. The van der Waals surface area contributed by atoms with Crippen LogP contribution in [0.1, 0.15) is 28.8 Å². The summed E-state index contributed by atoms with van der Waals surface area (Å²) in [5, 5.41) is 3.73. The first-order chi connectivity index (χ1) is 13.0. The van der Waals surface area contributed by atoms with Crippen LogP contribution in [0.3, 0.4) is 0 Å². The largest absolute Gasteiger partial charge is 0.497 e. The van der Waals surface area contributed by atoms with E-state index >= 15 is 0 Å². The van der Waals surface area contributed by atoms with Crippen LogP contribution in [0.15, 0.2) is 48.5 Å². The van der Waals surface area contributed by atoms with Crippen molar-refractivity contribution in [3.8, 4) is 5.75 Å². The Kier molecular flexibility index (Phi) is 6.35. The third-order valence-corrected chi connectivity index (χ3v) is 4.99. The van der Waals surface area contributed by atoms with Crippen LogP contribution >= 0.6 is 11.6 Å². The number of rotatable bonds is 5. The maximum atomic E-state index is 12.6. The lowest BCUT2D eigenvalue weighted by molar-refractivity contribution is -0.121. The lowest BCUT2D eigenvalue weighted by Gasteiger charge is -2.32. The van der Waals surface area contributed by atoms with Gasteiger partial charge >= 0.3 is 0 Å². The van der Waals surface area contributed by atoms with Gasteiger partial charge in [-0.3, -0.25) is 9.59 Å². The van der Waals surface area contributed by atoms with Gasteiger partial charge in [-0.2, -0.15) is 0 Å². The molecule has 0 aromatic heterocycles. The van der Waals surface area contributed by atoms with Crippen molar-refractivity contribution in [3.63, 3.8) is 0 Å². The Bertz CT molecular complexity index is 799. The summed E-state index contributed by atoms with van der Waals surface area (Å²) < 4.78 is 5.18. The predicted octanol–water partition coefficient (Wildman–Crippen LogP) is 3.31. The van der Waals surface area contributed by atoms with Crippen molar-refractivity contribution in [2.75, 3.05) is 20.2 Å². The van der Waals surface area contributed by atoms with Gasteiger partial charge in [0.05, 0.1) is 13.5 Å². The first kappa shape index (κ1) is 19.2. The second-order valence-electron chi connectivity index (χ2n) is 6.67. The molecule has 0 aliphatic carbocycles. The van der Waals surface area contributed by atoms with Gasteiger partial charge in [0.25, 0.3) is 5.91 Å². The fraction of sp³-hybridized carbons (Fsp3) is 0.333. The fourth-order valence-corrected chi connectivity index (χ4v) is 3.36. The smallest absolute Gasteiger partial charge is 0.253 e. The summed E-state index contributed by atoms with van der Waals surface area (Å²) in [4.78, 5) is 26.7. The van der Waals surface area contributed by atoms with E-state index in [2.05, 4.69) is 5.32 Å². The first-order valence-electron chi connectivity index (χ1n) is 9.02. The zero-order valence-electron chi connectivity index (χ0n) is 15.3. The van der Waals surface area contributed by atoms with E-state index in [4.69, 9.17) is 16.3 Å². The summed E-state index contributed by atoms with van der Waals surface area (Å²) in [5.41, 5.74) is 1.56. The molecule has 27 heavy (non-hydrogen) atoms. The maximum Gasteiger partial charge on any atom is 0.253 e. The number of carbonyl (C=O) groups is 2. The van der Waals surface area contributed by atoms with E-state index in [1.54, 1.807) is 31.4 Å². The van der Waals surface area contributed by atoms with E-state index in [0.29, 0.717) is 35.8 Å². The second-order valence-corrected chi connectivity index (χ2v) is 7.11. The highest BCUT2D eigenvalue weighted by Gasteiger charge is 2.24. The fourth-order valence-electron chi connectivity index (χ4n) is 3.23. The number of hydrogen-bond donors (Lipinski definition) is 1. The van der Waals surface area contributed by atoms with Crippen LogP contribution in [0, 0.1) is 0 Å². The molecule has 1 saturated heterocycles. The van der Waals surface area contributed by atoms with Gasteiger partial charge in [-0.1, -0.05) is 29.8 Å². The molecule has 0 atom stereocenters. The zero-order chi connectivity index (χ0) is 19.2. The molecule has 2 aromatic rings. The van der Waals surface area contributed by atoms with Gasteiger partial charge in [0, 0.05) is 29.7 Å². The first-order valence-corrected chi connectivity index (χ1v) is 9.40. The summed E-state index contributed by atoms with van der Waals surface area (Å²) in [6, 6.07) is 14.6. The van der Waals surface area contributed by atoms with Crippen LogP contribution in [0.25, 0.3) is 0 Å². The number of hydrogen-bond acceptors (Lipinski definition) is 3. The number of carbonyl (C=O) groups excluding carboxylic acids is 2. The molecule has 0 spiro atoms. The number of amides is 2. The van der Waals surface area contributed by atoms with E-state index in [9.17, 15) is 9.59 Å². The molecule has 2 amide bonds. The Balaban J connectivity index is 1.48. The van der Waals surface area contributed by atoms with Crippen molar-refractivity contribution in [1.82, 2.24) is 10.2 Å². The van der Waals surface area contributed by atoms with Crippen molar-refractivity contribution in [3.05, 3.63) is 64.7 Å². The summed E-state index contributed by atoms with van der Waals surface area (Å²) in [7, 11) is 1.59. The molecule has 1 aliphatic rings. The molecule has 6 heteroatoms. The highest BCUT2D eigenvalue weighted by Crippen LogP contribution is 2.18. The lowest BCUT2D eigenvalue weighted by Crippen LogP contribution is -2.46. The van der Waals surface area contributed by atoms with Crippen molar-refractivity contribution >= 4 is 23.4 Å². The third kappa shape index (κ3) is 5.23. The standard InChI is InChI=1S/C21H23ClN2O3/c1-27-19-4-2-3-16(14-19)21(26)24-11-9-18(10-12-24)23-20(25)13-15-5-7-17(22)8-6-15/h2-8,14,18H,9-13H2,1H3,(H,23,25). The molecule has 0 radical (unpaired) electrons. The average Bonchev–Trinajstić information content (AvgIpc) is 2.70. The van der Waals surface area contributed by atoms with Crippen molar-refractivity contribution < 1.29 is 14.3 Å². The Morgan fingerprint density at radius 3 is 2.52 bits per heavy atom. The van der Waals surface area contributed by atoms with Gasteiger partial charge in [0.2, 0.25) is 5.91 Å². The predicted molar refractivity (Wildman–Crippen MR) is 105 cm³/mol. The summed E-state index contributed by atoms with van der Waals surface area (Å²) in [6.45, 7) is 1.25. The monoisotopic (exact) mass is 386 g/mol. The molecule has 1 fully saturated rings. The molecular formula is C21H23ClN2O3. The van der Waals surface area contributed by atoms with Gasteiger partial charge in [-0.25, -0.2) is 0 Å². The van der Waals surface area contributed by atoms with Crippen molar-refractivity contribution in [2.24, 2.45) is 0 Å². The van der Waals surface area contributed by atoms with Crippen molar-refractivity contribution in [2.45, 2.75) is 25.3 Å². The molecule has 1 aliphatic heterocycles. The number of piperidine rings is 1. The Morgan fingerprint density at radius 1 is 1.15 bits per heavy atom. The zero-order valence-corrected chi connectivity index (χ0v) is 16.0. The molecular weight excluding hydrogens is 364 g/mol. The molecule has 2 aromatic carbocycles. The van der Waals surface area contributed by atoms with Crippen LogP contribution in [-0.4, -0.2) is 43.0 Å². The topological polar surface area (TPSA) is 58.6 Å². The van der Waals surface area contributed by atoms with E-state index in [0.717, 1.165) is 18.4 Å². The molecule has 142 valence electrons. The number of halogens is 1. The maximum absolute atomic E-state index is 12.6. The van der Waals surface area contributed by atoms with Crippen LogP contribution in [0.4, 0.5) is 0 Å². The molecule has 0 unspecified atom stereocenters. The van der Waals surface area contributed by atoms with Gasteiger partial charge in [-0.05, 0) is 48.7 Å². The minimum Gasteiger partial charge on any atom is -0.497 e. The van der Waals surface area contributed by atoms with Gasteiger partial charge in [-0.15, -0.1) is 0 Å². The van der Waals surface area contributed by atoms with Gasteiger partial charge in [0.1, 0.15) is 5.75 Å². The Hall–Kier alpha value is -2.53. The SMILES string of the molecule is COc1cccc(C(=O)N2CCC(NC(=O)Cc3ccc(Cl)cc3)CC2)c1. The summed E-state index contributed by atoms with van der Waals surface area (Å²) >= 11 is 5.86. The molecule has 5 nitrogen and oxygen atoms in total. The number of benzene rings is 2. The molecule has 0 saturated carbocycles. The average molecular weight is 387 g/mol. The van der Waals surface area contributed by atoms with Gasteiger partial charge in [0.15, 0.2) is 0 Å². The number of likely N-dealkylation sites (tertiary alicyclic amines) is 1. The second kappa shape index (κ2) is 8.91. The van der Waals surface area contributed by atoms with E-state index in [1.807, 2.05) is 29.2 Å². The van der Waals surface area contributed by atoms with Crippen LogP contribution in [0.5, 0.6) is 5.75 Å². The Labute approximate surface area is 164 Å². The quantitative estimate of drug-likeness (QED) is 0.857. The van der Waals surface area contributed by atoms with E-state index in [1.165, 1.54) is 0 Å². The van der Waals surface area contributed by atoms with E-state index in [-0.39, 0.29) is 17.9 Å². The van der Waals surface area contributed by atoms with Crippen LogP contribution in [-0.2, 0) is 11.2 Å². The number of nitrogens with zero attached hydrogens (tertiary/aromatic N) is 1. The van der Waals surface area contributed by atoms with Crippen LogP contribution in [0.2, 0.25) is 5.02 Å². The summed E-state index contributed by atoms with van der Waals surface area (Å²) in [5.74, 6) is 0.667. The number of methoxy groups -OCH3 is 1. The lowest BCUT2D eigenvalue weighted by atomic mass is 10.0. The minimum absolute atomic E-state index is 0.000147. The Morgan fingerprint density at radius 2 is 1.85 bits per heavy atom. The van der Waals surface area contributed by atoms with Crippen molar-refractivity contribution in [1.29, 1.82) is 0 Å². The highest BCUT2D eigenvalue weighted by molar-refractivity contribution is 6.30. The van der Waals surface area contributed by atoms with E-state index < -0.39 is 0 Å². The minimum atomic E-state index is -0.00473. The molecule has 0 bridgehead atoms. The molecule has 1 N–H and O–H groups in total. The summed E-state index contributed by atoms with van der Waals surface area (Å²) in [6.07, 6.45) is 1.84. The molecule has 1 heterocycles. The van der Waals surface area contributed by atoms with Gasteiger partial charge < -0.3 is 15.0 Å². The highest BCUT2D eigenvalue weighted by atomic mass is 35.5. The number of ether oxygens (including phenoxy) is 1. The molecule has 3 rings (SSSR count). The van der Waals surface area contributed by atoms with Crippen LogP contribution < -0.4 is 10.1 Å². The third-order valence-electron chi connectivity index (χ3n) is 4.74.